The summed E-state index contributed by atoms with van der Waals surface area (Å²) < 4.78 is 57.7. The van der Waals surface area contributed by atoms with E-state index in [0.717, 1.165) is 0 Å². The van der Waals surface area contributed by atoms with Crippen LogP contribution in [0.15, 0.2) is 36.5 Å². The topological polar surface area (TPSA) is 130 Å². The molecule has 2 aliphatic rings. The molecule has 0 bridgehead atoms. The lowest BCUT2D eigenvalue weighted by Crippen LogP contribution is -2.63. The van der Waals surface area contributed by atoms with Crippen molar-refractivity contribution >= 4 is 27.1 Å². The van der Waals surface area contributed by atoms with Crippen LogP contribution in [0.4, 0.5) is 14.5 Å². The summed E-state index contributed by atoms with van der Waals surface area (Å²) in [5, 5.41) is 14.5. The summed E-state index contributed by atoms with van der Waals surface area (Å²) in [7, 11) is -3.14. The highest BCUT2D eigenvalue weighted by atomic mass is 32.2. The summed E-state index contributed by atoms with van der Waals surface area (Å²) in [6.45, 7) is -0.454. The third-order valence-electron chi connectivity index (χ3n) is 5.22. The number of hydrogen-bond acceptors (Lipinski definition) is 8. The van der Waals surface area contributed by atoms with Gasteiger partial charge in [-0.2, -0.15) is 8.78 Å². The molecule has 0 saturated carbocycles. The molecule has 1 amide bonds. The van der Waals surface area contributed by atoms with Gasteiger partial charge in [-0.15, -0.1) is 0 Å². The number of hydrogen-bond donors (Lipinski definition) is 3. The van der Waals surface area contributed by atoms with Crippen LogP contribution in [-0.4, -0.2) is 67.9 Å². The Labute approximate surface area is 188 Å². The van der Waals surface area contributed by atoms with E-state index in [1.54, 1.807) is 13.0 Å². The van der Waals surface area contributed by atoms with Crippen LogP contribution in [0.5, 0.6) is 5.75 Å². The number of aromatic nitrogens is 1. The van der Waals surface area contributed by atoms with Gasteiger partial charge in [0.2, 0.25) is 0 Å². The zero-order valence-electron chi connectivity index (χ0n) is 17.6. The van der Waals surface area contributed by atoms with Crippen LogP contribution in [0.2, 0.25) is 0 Å². The molecule has 12 heteroatoms. The SMILES string of the molecule is CC1(NC(=O)c2cnc(C(=N)c3cccc(OC(F)F)c3)c(NC3COC3)c2)CS(=O)(=O)C1. The van der Waals surface area contributed by atoms with Gasteiger partial charge < -0.3 is 20.1 Å². The Hall–Kier alpha value is -3.12. The molecule has 0 radical (unpaired) electrons. The molecule has 9 nitrogen and oxygen atoms in total. The standard InChI is InChI=1S/C21H22F2N4O5S/c1-21(10-33(29,30)11-21)27-19(28)13-6-16(26-14-8-31-9-14)18(25-7-13)17(24)12-3-2-4-15(5-12)32-20(22)23/h2-7,14,20,24,26H,8-11H2,1H3,(H,27,28). The predicted octanol–water partition coefficient (Wildman–Crippen LogP) is 1.83. The molecule has 3 N–H and O–H groups in total. The van der Waals surface area contributed by atoms with Gasteiger partial charge in [0.15, 0.2) is 9.84 Å². The van der Waals surface area contributed by atoms with Crippen molar-refractivity contribution in [2.75, 3.05) is 30.0 Å². The minimum absolute atomic E-state index is 0.0422. The number of alkyl halides is 2. The summed E-state index contributed by atoms with van der Waals surface area (Å²) >= 11 is 0. The number of nitrogens with one attached hydrogen (secondary N) is 3. The van der Waals surface area contributed by atoms with Crippen molar-refractivity contribution in [3.8, 4) is 5.75 Å². The molecule has 2 saturated heterocycles. The smallest absolute Gasteiger partial charge is 0.387 e. The normalized spacial score (nSPS) is 18.7. The number of carbonyl (C=O) groups is 1. The van der Waals surface area contributed by atoms with Crippen LogP contribution in [0.25, 0.3) is 0 Å². The van der Waals surface area contributed by atoms with E-state index in [-0.39, 0.29) is 40.3 Å². The van der Waals surface area contributed by atoms with Gasteiger partial charge in [-0.1, -0.05) is 12.1 Å². The van der Waals surface area contributed by atoms with Crippen LogP contribution in [0.1, 0.15) is 28.5 Å². The predicted molar refractivity (Wildman–Crippen MR) is 116 cm³/mol. The lowest BCUT2D eigenvalue weighted by atomic mass is 10.0. The van der Waals surface area contributed by atoms with Gasteiger partial charge in [0, 0.05) is 11.8 Å². The Bertz CT molecular complexity index is 1190. The fraction of sp³-hybridized carbons (Fsp3) is 0.381. The highest BCUT2D eigenvalue weighted by molar-refractivity contribution is 7.93. The molecular weight excluding hydrogens is 458 g/mol. The minimum Gasteiger partial charge on any atom is -0.435 e. The number of rotatable bonds is 8. The number of benzene rings is 1. The first-order chi connectivity index (χ1) is 15.5. The number of sulfone groups is 1. The summed E-state index contributed by atoms with van der Waals surface area (Å²) in [6, 6.07) is 7.21. The number of carbonyl (C=O) groups excluding carboxylic acids is 1. The Kier molecular flexibility index (Phi) is 6.06. The Morgan fingerprint density at radius 2 is 2.00 bits per heavy atom. The van der Waals surface area contributed by atoms with E-state index in [9.17, 15) is 22.0 Å². The molecule has 33 heavy (non-hydrogen) atoms. The molecule has 2 aromatic rings. The number of ether oxygens (including phenoxy) is 2. The first-order valence-corrected chi connectivity index (χ1v) is 11.9. The zero-order chi connectivity index (χ0) is 23.8. The molecule has 0 atom stereocenters. The van der Waals surface area contributed by atoms with Crippen LogP contribution in [-0.2, 0) is 14.6 Å². The second-order valence-corrected chi connectivity index (χ2v) is 10.4. The second kappa shape index (κ2) is 8.67. The lowest BCUT2D eigenvalue weighted by Gasteiger charge is -2.38. The highest BCUT2D eigenvalue weighted by Gasteiger charge is 2.45. The quantitative estimate of drug-likeness (QED) is 0.492. The Morgan fingerprint density at radius 3 is 2.61 bits per heavy atom. The lowest BCUT2D eigenvalue weighted by molar-refractivity contribution is -0.0498. The van der Waals surface area contributed by atoms with E-state index in [0.29, 0.717) is 24.5 Å². The van der Waals surface area contributed by atoms with Gasteiger partial charge in [-0.3, -0.25) is 15.2 Å². The van der Waals surface area contributed by atoms with Crippen molar-refractivity contribution in [2.45, 2.75) is 25.1 Å². The van der Waals surface area contributed by atoms with E-state index < -0.39 is 27.9 Å². The Balaban J connectivity index is 1.60. The monoisotopic (exact) mass is 480 g/mol. The van der Waals surface area contributed by atoms with Crippen molar-refractivity contribution in [1.29, 1.82) is 5.41 Å². The fourth-order valence-electron chi connectivity index (χ4n) is 3.75. The van der Waals surface area contributed by atoms with E-state index in [4.69, 9.17) is 10.1 Å². The zero-order valence-corrected chi connectivity index (χ0v) is 18.4. The van der Waals surface area contributed by atoms with Crippen molar-refractivity contribution in [3.05, 3.63) is 53.3 Å². The van der Waals surface area contributed by atoms with Gasteiger partial charge in [0.25, 0.3) is 5.91 Å². The van der Waals surface area contributed by atoms with Gasteiger partial charge >= 0.3 is 6.61 Å². The van der Waals surface area contributed by atoms with Crippen molar-refractivity contribution in [1.82, 2.24) is 10.3 Å². The van der Waals surface area contributed by atoms with Crippen LogP contribution < -0.4 is 15.4 Å². The fourth-order valence-corrected chi connectivity index (χ4v) is 5.75. The largest absolute Gasteiger partial charge is 0.435 e. The molecule has 3 heterocycles. The average Bonchev–Trinajstić information content (AvgIpc) is 2.68. The van der Waals surface area contributed by atoms with E-state index in [1.165, 1.54) is 30.5 Å². The van der Waals surface area contributed by atoms with Crippen molar-refractivity contribution in [3.63, 3.8) is 0 Å². The Morgan fingerprint density at radius 1 is 1.27 bits per heavy atom. The maximum atomic E-state index is 12.7. The maximum Gasteiger partial charge on any atom is 0.387 e. The molecule has 0 unspecified atom stereocenters. The number of nitrogens with zero attached hydrogens (tertiary/aromatic N) is 1. The third kappa shape index (κ3) is 5.28. The first kappa shape index (κ1) is 23.1. The maximum absolute atomic E-state index is 12.7. The van der Waals surface area contributed by atoms with Crippen LogP contribution in [0.3, 0.4) is 0 Å². The highest BCUT2D eigenvalue weighted by Crippen LogP contribution is 2.26. The minimum atomic E-state index is -3.14. The number of pyridine rings is 1. The van der Waals surface area contributed by atoms with Gasteiger partial charge in [0.1, 0.15) is 11.4 Å². The number of anilines is 1. The van der Waals surface area contributed by atoms with E-state index >= 15 is 0 Å². The summed E-state index contributed by atoms with van der Waals surface area (Å²) in [6.07, 6.45) is 1.29. The van der Waals surface area contributed by atoms with Crippen molar-refractivity contribution < 1.29 is 31.5 Å². The molecule has 176 valence electrons. The molecule has 0 spiro atoms. The van der Waals surface area contributed by atoms with Crippen LogP contribution >= 0.6 is 0 Å². The third-order valence-corrected chi connectivity index (χ3v) is 7.38. The van der Waals surface area contributed by atoms with Gasteiger partial charge in [0.05, 0.1) is 53.3 Å². The molecule has 0 aliphatic carbocycles. The molecule has 2 fully saturated rings. The average molecular weight is 480 g/mol. The number of halogens is 2. The number of amides is 1. The molecule has 4 rings (SSSR count). The van der Waals surface area contributed by atoms with E-state index in [1.807, 2.05) is 0 Å². The second-order valence-electron chi connectivity index (χ2n) is 8.33. The van der Waals surface area contributed by atoms with Gasteiger partial charge in [-0.25, -0.2) is 8.42 Å². The molecule has 1 aromatic carbocycles. The summed E-state index contributed by atoms with van der Waals surface area (Å²) in [5.41, 5.74) is 0.202. The van der Waals surface area contributed by atoms with Crippen molar-refractivity contribution in [2.24, 2.45) is 0 Å². The summed E-state index contributed by atoms with van der Waals surface area (Å²) in [4.78, 5) is 17.0. The van der Waals surface area contributed by atoms with E-state index in [2.05, 4.69) is 20.4 Å². The van der Waals surface area contributed by atoms with Gasteiger partial charge in [-0.05, 0) is 25.1 Å². The molecule has 2 aliphatic heterocycles. The molecule has 1 aromatic heterocycles. The summed E-state index contributed by atoms with van der Waals surface area (Å²) in [5.74, 6) is -0.848. The molecular formula is C21H22F2N4O5S. The first-order valence-electron chi connectivity index (χ1n) is 10.0. The van der Waals surface area contributed by atoms with Crippen LogP contribution in [0, 0.1) is 5.41 Å².